The van der Waals surface area contributed by atoms with Crippen LogP contribution < -0.4 is 5.32 Å². The predicted octanol–water partition coefficient (Wildman–Crippen LogP) is 1.81. The van der Waals surface area contributed by atoms with Crippen molar-refractivity contribution in [1.29, 1.82) is 0 Å². The van der Waals surface area contributed by atoms with Gasteiger partial charge >= 0.3 is 0 Å². The average molecular weight is 256 g/mol. The number of halogens is 1. The largest absolute Gasteiger partial charge is 0.313 e. The topological polar surface area (TPSA) is 46.2 Å². The molecule has 1 atom stereocenters. The Bertz CT molecular complexity index is 242. The molecule has 0 fully saturated rings. The summed E-state index contributed by atoms with van der Waals surface area (Å²) in [7, 11) is -2.84. The van der Waals surface area contributed by atoms with Crippen LogP contribution in [0.4, 0.5) is 0 Å². The lowest BCUT2D eigenvalue weighted by Gasteiger charge is -2.12. The van der Waals surface area contributed by atoms with E-state index in [0.29, 0.717) is 30.6 Å². The molecule has 0 aromatic heterocycles. The van der Waals surface area contributed by atoms with Crippen LogP contribution in [-0.4, -0.2) is 38.4 Å². The Labute approximate surface area is 98.5 Å². The molecule has 0 rings (SSSR count). The quantitative estimate of drug-likeness (QED) is 0.640. The molecule has 0 spiro atoms. The molecule has 0 saturated carbocycles. The van der Waals surface area contributed by atoms with Gasteiger partial charge in [-0.05, 0) is 26.2 Å². The number of nitrogens with one attached hydrogen (secondary N) is 1. The Morgan fingerprint density at radius 2 is 2.00 bits per heavy atom. The molecular formula is C10H22ClNO2S. The van der Waals surface area contributed by atoms with Crippen LogP contribution in [0.1, 0.15) is 33.1 Å². The van der Waals surface area contributed by atoms with Crippen LogP contribution in [0.5, 0.6) is 0 Å². The lowest BCUT2D eigenvalue weighted by molar-refractivity contribution is 0.521. The second-order valence-electron chi connectivity index (χ2n) is 3.84. The summed E-state index contributed by atoms with van der Waals surface area (Å²) in [5.74, 6) is 1.21. The molecule has 0 aliphatic heterocycles. The molecule has 1 N–H and O–H groups in total. The molecule has 0 aromatic carbocycles. The van der Waals surface area contributed by atoms with Gasteiger partial charge < -0.3 is 5.32 Å². The molecule has 0 aromatic rings. The van der Waals surface area contributed by atoms with Crippen molar-refractivity contribution < 1.29 is 8.42 Å². The predicted molar refractivity (Wildman–Crippen MR) is 66.4 cm³/mol. The average Bonchev–Trinajstić information content (AvgIpc) is 2.14. The summed E-state index contributed by atoms with van der Waals surface area (Å²) in [6.45, 7) is 4.48. The van der Waals surface area contributed by atoms with Crippen molar-refractivity contribution in [2.24, 2.45) is 0 Å². The van der Waals surface area contributed by atoms with Crippen molar-refractivity contribution in [1.82, 2.24) is 5.32 Å². The second kappa shape index (κ2) is 8.36. The summed E-state index contributed by atoms with van der Waals surface area (Å²) in [5.41, 5.74) is 0. The minimum Gasteiger partial charge on any atom is -0.313 e. The Kier molecular flexibility index (Phi) is 8.47. The third kappa shape index (κ3) is 9.15. The zero-order valence-electron chi connectivity index (χ0n) is 9.63. The van der Waals surface area contributed by atoms with E-state index in [1.807, 2.05) is 6.92 Å². The summed E-state index contributed by atoms with van der Waals surface area (Å²) in [6, 6.07) is 0.348. The highest BCUT2D eigenvalue weighted by atomic mass is 35.5. The van der Waals surface area contributed by atoms with E-state index in [2.05, 4.69) is 12.2 Å². The third-order valence-corrected chi connectivity index (χ3v) is 4.32. The molecule has 1 unspecified atom stereocenters. The van der Waals surface area contributed by atoms with Crippen LogP contribution in [0.2, 0.25) is 0 Å². The summed E-state index contributed by atoms with van der Waals surface area (Å²) in [5, 5.41) is 3.19. The number of rotatable bonds is 9. The first kappa shape index (κ1) is 15.2. The van der Waals surface area contributed by atoms with Gasteiger partial charge in [-0.1, -0.05) is 6.92 Å². The van der Waals surface area contributed by atoms with Crippen molar-refractivity contribution in [2.75, 3.05) is 23.9 Å². The van der Waals surface area contributed by atoms with Crippen molar-refractivity contribution in [3.05, 3.63) is 0 Å². The van der Waals surface area contributed by atoms with E-state index in [1.165, 1.54) is 0 Å². The van der Waals surface area contributed by atoms with Gasteiger partial charge in [0.15, 0.2) is 9.84 Å². The molecule has 0 saturated heterocycles. The highest BCUT2D eigenvalue weighted by Crippen LogP contribution is 1.98. The first-order valence-electron chi connectivity index (χ1n) is 5.51. The van der Waals surface area contributed by atoms with Gasteiger partial charge in [0.25, 0.3) is 0 Å². The SMILES string of the molecule is CCCS(=O)(=O)CCNC(C)CCCCl. The molecule has 0 aliphatic carbocycles. The maximum atomic E-state index is 11.4. The number of sulfone groups is 1. The first-order valence-corrected chi connectivity index (χ1v) is 7.87. The number of hydrogen-bond acceptors (Lipinski definition) is 3. The van der Waals surface area contributed by atoms with Crippen LogP contribution >= 0.6 is 11.6 Å². The summed E-state index contributed by atoms with van der Waals surface area (Å²) in [6.07, 6.45) is 2.67. The third-order valence-electron chi connectivity index (χ3n) is 2.19. The molecule has 0 radical (unpaired) electrons. The van der Waals surface area contributed by atoms with E-state index in [1.54, 1.807) is 0 Å². The lowest BCUT2D eigenvalue weighted by atomic mass is 10.2. The molecule has 15 heavy (non-hydrogen) atoms. The maximum Gasteiger partial charge on any atom is 0.151 e. The Hall–Kier alpha value is 0.200. The first-order chi connectivity index (χ1) is 7.02. The van der Waals surface area contributed by atoms with E-state index in [0.717, 1.165) is 12.8 Å². The van der Waals surface area contributed by atoms with Crippen molar-refractivity contribution in [3.8, 4) is 0 Å². The maximum absolute atomic E-state index is 11.4. The normalized spacial score (nSPS) is 14.1. The van der Waals surface area contributed by atoms with Crippen LogP contribution in [0.25, 0.3) is 0 Å². The zero-order valence-corrected chi connectivity index (χ0v) is 11.2. The Morgan fingerprint density at radius 3 is 2.53 bits per heavy atom. The van der Waals surface area contributed by atoms with Gasteiger partial charge in [-0.25, -0.2) is 8.42 Å². The molecule has 0 heterocycles. The molecule has 0 amide bonds. The van der Waals surface area contributed by atoms with Crippen molar-refractivity contribution >= 4 is 21.4 Å². The van der Waals surface area contributed by atoms with Gasteiger partial charge in [-0.15, -0.1) is 11.6 Å². The fourth-order valence-electron chi connectivity index (χ4n) is 1.36. The van der Waals surface area contributed by atoms with Gasteiger partial charge in [-0.3, -0.25) is 0 Å². The lowest BCUT2D eigenvalue weighted by Crippen LogP contribution is -2.31. The van der Waals surface area contributed by atoms with Crippen molar-refractivity contribution in [3.63, 3.8) is 0 Å². The number of hydrogen-bond donors (Lipinski definition) is 1. The Balaban J connectivity index is 3.60. The molecule has 5 heteroatoms. The van der Waals surface area contributed by atoms with Crippen LogP contribution in [-0.2, 0) is 9.84 Å². The standard InChI is InChI=1S/C10H22ClNO2S/c1-3-8-15(13,14)9-7-12-10(2)5-4-6-11/h10,12H,3-9H2,1-2H3. The summed E-state index contributed by atoms with van der Waals surface area (Å²) in [4.78, 5) is 0. The van der Waals surface area contributed by atoms with E-state index >= 15 is 0 Å². The zero-order chi connectivity index (χ0) is 11.7. The summed E-state index contributed by atoms with van der Waals surface area (Å²) < 4.78 is 22.7. The van der Waals surface area contributed by atoms with E-state index in [9.17, 15) is 8.42 Å². The van der Waals surface area contributed by atoms with E-state index in [4.69, 9.17) is 11.6 Å². The van der Waals surface area contributed by atoms with Gasteiger partial charge in [-0.2, -0.15) is 0 Å². The molecule has 92 valence electrons. The molecular weight excluding hydrogens is 234 g/mol. The molecule has 3 nitrogen and oxygen atoms in total. The number of alkyl halides is 1. The smallest absolute Gasteiger partial charge is 0.151 e. The van der Waals surface area contributed by atoms with Crippen LogP contribution in [0.3, 0.4) is 0 Å². The van der Waals surface area contributed by atoms with Gasteiger partial charge in [0, 0.05) is 24.2 Å². The van der Waals surface area contributed by atoms with Gasteiger partial charge in [0.05, 0.1) is 5.75 Å². The highest BCUT2D eigenvalue weighted by molar-refractivity contribution is 7.91. The minimum atomic E-state index is -2.84. The second-order valence-corrected chi connectivity index (χ2v) is 6.52. The summed E-state index contributed by atoms with van der Waals surface area (Å²) >= 11 is 5.57. The fraction of sp³-hybridized carbons (Fsp3) is 1.00. The van der Waals surface area contributed by atoms with Crippen LogP contribution in [0, 0.1) is 0 Å². The fourth-order valence-corrected chi connectivity index (χ4v) is 2.77. The molecule has 0 aliphatic rings. The van der Waals surface area contributed by atoms with Gasteiger partial charge in [0.2, 0.25) is 0 Å². The van der Waals surface area contributed by atoms with E-state index in [-0.39, 0.29) is 5.75 Å². The van der Waals surface area contributed by atoms with E-state index < -0.39 is 9.84 Å². The molecule has 0 bridgehead atoms. The van der Waals surface area contributed by atoms with Crippen LogP contribution in [0.15, 0.2) is 0 Å². The van der Waals surface area contributed by atoms with Crippen molar-refractivity contribution in [2.45, 2.75) is 39.2 Å². The monoisotopic (exact) mass is 255 g/mol. The highest BCUT2D eigenvalue weighted by Gasteiger charge is 2.09. The van der Waals surface area contributed by atoms with Gasteiger partial charge in [0.1, 0.15) is 0 Å². The Morgan fingerprint density at radius 1 is 1.33 bits per heavy atom. The minimum absolute atomic E-state index is 0.242.